The molecule has 1 aliphatic heterocycles. The van der Waals surface area contributed by atoms with E-state index in [1.165, 1.54) is 51.7 Å². The zero-order valence-electron chi connectivity index (χ0n) is 22.2. The first-order valence-electron chi connectivity index (χ1n) is 12.4. The molecule has 4 N–H and O–H groups in total. The number of aliphatic hydroxyl groups excluding tert-OH is 2. The highest BCUT2D eigenvalue weighted by atomic mass is 16.5. The van der Waals surface area contributed by atoms with Crippen LogP contribution in [0.15, 0.2) is 48.5 Å². The van der Waals surface area contributed by atoms with Crippen molar-refractivity contribution >= 4 is 18.1 Å². The summed E-state index contributed by atoms with van der Waals surface area (Å²) in [6.07, 6.45) is 2.83. The summed E-state index contributed by atoms with van der Waals surface area (Å²) >= 11 is 0. The predicted molar refractivity (Wildman–Crippen MR) is 145 cm³/mol. The summed E-state index contributed by atoms with van der Waals surface area (Å²) in [6, 6.07) is 10.6. The number of aliphatic hydroxyl groups is 2. The van der Waals surface area contributed by atoms with Crippen molar-refractivity contribution in [3.05, 3.63) is 76.4 Å². The number of aromatic hydroxyl groups is 2. The number of carbonyl (C=O) groups is 2. The van der Waals surface area contributed by atoms with E-state index in [1.807, 2.05) is 0 Å². The van der Waals surface area contributed by atoms with Crippen LogP contribution in [0, 0.1) is 0 Å². The van der Waals surface area contributed by atoms with Gasteiger partial charge in [0.25, 0.3) is 0 Å². The van der Waals surface area contributed by atoms with E-state index in [2.05, 4.69) is 0 Å². The van der Waals surface area contributed by atoms with Crippen LogP contribution in [0.3, 0.4) is 0 Å². The molecule has 0 spiro atoms. The molecule has 3 aromatic rings. The second-order valence-corrected chi connectivity index (χ2v) is 9.11. The van der Waals surface area contributed by atoms with Crippen molar-refractivity contribution in [2.45, 2.75) is 17.9 Å². The normalized spacial score (nSPS) is 16.7. The minimum absolute atomic E-state index is 0.0415. The minimum atomic E-state index is -1.20. The Morgan fingerprint density at radius 3 is 2.33 bits per heavy atom. The molecule has 0 aromatic heterocycles. The molecule has 0 saturated carbocycles. The lowest BCUT2D eigenvalue weighted by molar-refractivity contribution is -0.104. The maximum atomic E-state index is 13.5. The predicted octanol–water partition coefficient (Wildman–Crippen LogP) is 3.50. The number of allylic oxidation sites excluding steroid dienone is 1. The molecule has 4 rings (SSSR count). The average molecular weight is 551 g/mol. The van der Waals surface area contributed by atoms with Gasteiger partial charge in [-0.1, -0.05) is 6.08 Å². The van der Waals surface area contributed by atoms with Crippen molar-refractivity contribution in [3.8, 4) is 34.5 Å². The molecule has 1 unspecified atom stereocenters. The van der Waals surface area contributed by atoms with Crippen molar-refractivity contribution in [3.63, 3.8) is 0 Å². The fraction of sp³-hybridized carbons (Fsp3) is 0.267. The van der Waals surface area contributed by atoms with Crippen molar-refractivity contribution in [1.82, 2.24) is 0 Å². The number of Topliss-reactive ketones (excluding diaryl/α,β-unsaturated/α-hetero) is 1. The van der Waals surface area contributed by atoms with Crippen LogP contribution >= 0.6 is 0 Å². The zero-order valence-corrected chi connectivity index (χ0v) is 22.2. The molecule has 0 saturated heterocycles. The van der Waals surface area contributed by atoms with Crippen LogP contribution in [0.1, 0.15) is 50.6 Å². The second-order valence-electron chi connectivity index (χ2n) is 9.11. The Kier molecular flexibility index (Phi) is 8.61. The van der Waals surface area contributed by atoms with E-state index < -0.39 is 30.3 Å². The Balaban J connectivity index is 1.80. The summed E-state index contributed by atoms with van der Waals surface area (Å²) < 4.78 is 22.3. The number of ether oxygens (including phenoxy) is 4. The van der Waals surface area contributed by atoms with E-state index in [0.717, 1.165) is 0 Å². The van der Waals surface area contributed by atoms with Crippen molar-refractivity contribution in [1.29, 1.82) is 0 Å². The van der Waals surface area contributed by atoms with Gasteiger partial charge in [0.2, 0.25) is 0 Å². The van der Waals surface area contributed by atoms with Gasteiger partial charge in [0, 0.05) is 16.7 Å². The van der Waals surface area contributed by atoms with E-state index in [9.17, 15) is 30.0 Å². The van der Waals surface area contributed by atoms with Crippen molar-refractivity contribution < 1.29 is 49.0 Å². The van der Waals surface area contributed by atoms with E-state index in [0.29, 0.717) is 34.5 Å². The van der Waals surface area contributed by atoms with E-state index >= 15 is 0 Å². The number of phenols is 2. The fourth-order valence-corrected chi connectivity index (χ4v) is 4.90. The first kappa shape index (κ1) is 28.5. The molecule has 3 aromatic carbocycles. The standard InChI is InChI=1S/C30H30O10/c1-37-24-12-17(6-7-23(24)34)27(35)21(14-32)19-11-18(13-25(38-2)28(19)36)29-22(15-33)20-9-16(5-4-8-31)10-26(39-3)30(20)40-29/h4-13,21-22,29,32-34,36H,14-15H2,1-3H3/b5-4-/t21?,22-,29+/m0/s1. The van der Waals surface area contributed by atoms with Gasteiger partial charge < -0.3 is 39.4 Å². The molecule has 1 heterocycles. The highest BCUT2D eigenvalue weighted by Crippen LogP contribution is 2.52. The third-order valence-electron chi connectivity index (χ3n) is 6.91. The Labute approximate surface area is 230 Å². The summed E-state index contributed by atoms with van der Waals surface area (Å²) in [5.41, 5.74) is 2.03. The van der Waals surface area contributed by atoms with Crippen LogP contribution in [0.5, 0.6) is 34.5 Å². The first-order chi connectivity index (χ1) is 19.3. The Morgan fingerprint density at radius 2 is 1.70 bits per heavy atom. The van der Waals surface area contributed by atoms with Gasteiger partial charge in [-0.3, -0.25) is 9.59 Å². The molecule has 40 heavy (non-hydrogen) atoms. The van der Waals surface area contributed by atoms with Gasteiger partial charge >= 0.3 is 0 Å². The van der Waals surface area contributed by atoms with Crippen LogP contribution in [0.4, 0.5) is 0 Å². The quantitative estimate of drug-likeness (QED) is 0.159. The average Bonchev–Trinajstić information content (AvgIpc) is 3.35. The lowest BCUT2D eigenvalue weighted by atomic mass is 9.85. The van der Waals surface area contributed by atoms with E-state index in [-0.39, 0.29) is 40.7 Å². The summed E-state index contributed by atoms with van der Waals surface area (Å²) in [7, 11) is 4.18. The van der Waals surface area contributed by atoms with Gasteiger partial charge in [-0.05, 0) is 59.7 Å². The Bertz CT molecular complexity index is 1440. The zero-order chi connectivity index (χ0) is 29.0. The van der Waals surface area contributed by atoms with Crippen LogP contribution < -0.4 is 18.9 Å². The lowest BCUT2D eigenvalue weighted by Crippen LogP contribution is -2.19. The molecule has 1 aliphatic rings. The summed E-state index contributed by atoms with van der Waals surface area (Å²) in [6.45, 7) is -0.951. The first-order valence-corrected chi connectivity index (χ1v) is 12.4. The van der Waals surface area contributed by atoms with Gasteiger partial charge in [0.15, 0.2) is 40.3 Å². The number of carbonyl (C=O) groups excluding carboxylic acids is 2. The van der Waals surface area contributed by atoms with E-state index in [1.54, 1.807) is 24.3 Å². The number of aldehydes is 1. The van der Waals surface area contributed by atoms with Gasteiger partial charge in [0.05, 0.1) is 46.4 Å². The van der Waals surface area contributed by atoms with E-state index in [4.69, 9.17) is 18.9 Å². The molecule has 0 bridgehead atoms. The number of hydrogen-bond donors (Lipinski definition) is 4. The number of rotatable bonds is 11. The molecule has 10 nitrogen and oxygen atoms in total. The summed E-state index contributed by atoms with van der Waals surface area (Å²) in [4.78, 5) is 24.3. The molecule has 3 atom stereocenters. The highest BCUT2D eigenvalue weighted by Gasteiger charge is 2.39. The Hall–Kier alpha value is -4.54. The fourth-order valence-electron chi connectivity index (χ4n) is 4.90. The lowest BCUT2D eigenvalue weighted by Gasteiger charge is -2.23. The third kappa shape index (κ3) is 5.18. The number of hydrogen-bond acceptors (Lipinski definition) is 10. The summed E-state index contributed by atoms with van der Waals surface area (Å²) in [5.74, 6) is -1.85. The van der Waals surface area contributed by atoms with Crippen molar-refractivity contribution in [2.24, 2.45) is 0 Å². The molecule has 0 aliphatic carbocycles. The maximum absolute atomic E-state index is 13.5. The molecule has 0 amide bonds. The molecule has 10 heteroatoms. The van der Waals surface area contributed by atoms with Crippen LogP contribution in [0.2, 0.25) is 0 Å². The van der Waals surface area contributed by atoms with Gasteiger partial charge in [-0.15, -0.1) is 0 Å². The molecule has 0 radical (unpaired) electrons. The molecule has 0 fully saturated rings. The number of phenolic OH excluding ortho intramolecular Hbond substituents is 2. The number of ketones is 1. The van der Waals surface area contributed by atoms with Gasteiger partial charge in [-0.25, -0.2) is 0 Å². The molecule has 210 valence electrons. The van der Waals surface area contributed by atoms with Crippen LogP contribution in [-0.4, -0.2) is 67.0 Å². The minimum Gasteiger partial charge on any atom is -0.504 e. The molecular weight excluding hydrogens is 520 g/mol. The third-order valence-corrected chi connectivity index (χ3v) is 6.91. The monoisotopic (exact) mass is 550 g/mol. The second kappa shape index (κ2) is 12.1. The molecular formula is C30H30O10. The van der Waals surface area contributed by atoms with Crippen LogP contribution in [-0.2, 0) is 4.79 Å². The number of methoxy groups -OCH3 is 3. The highest BCUT2D eigenvalue weighted by molar-refractivity contribution is 6.02. The Morgan fingerprint density at radius 1 is 0.975 bits per heavy atom. The van der Waals surface area contributed by atoms with Crippen LogP contribution in [0.25, 0.3) is 6.08 Å². The van der Waals surface area contributed by atoms with Gasteiger partial charge in [0.1, 0.15) is 12.4 Å². The smallest absolute Gasteiger partial charge is 0.172 e. The summed E-state index contributed by atoms with van der Waals surface area (Å²) in [5, 5.41) is 41.6. The van der Waals surface area contributed by atoms with Crippen molar-refractivity contribution in [2.75, 3.05) is 34.5 Å². The maximum Gasteiger partial charge on any atom is 0.172 e. The largest absolute Gasteiger partial charge is 0.504 e. The van der Waals surface area contributed by atoms with Gasteiger partial charge in [-0.2, -0.15) is 0 Å². The number of benzene rings is 3. The SMILES string of the molecule is COc1cc(C(=O)C(CO)c2cc([C@H]3Oc4c(OC)cc(/C=C\C=O)cc4[C@@H]3CO)cc(OC)c2O)ccc1O. The number of fused-ring (bicyclic) bond motifs is 1. The topological polar surface area (TPSA) is 152 Å².